The lowest BCUT2D eigenvalue weighted by molar-refractivity contribution is -0.139. The normalized spacial score (nSPS) is 10.2. The van der Waals surface area contributed by atoms with Gasteiger partial charge in [-0.3, -0.25) is 9.78 Å². The summed E-state index contributed by atoms with van der Waals surface area (Å²) in [5, 5.41) is 0. The van der Waals surface area contributed by atoms with Gasteiger partial charge in [-0.15, -0.1) is 0 Å². The van der Waals surface area contributed by atoms with E-state index in [0.29, 0.717) is 6.61 Å². The molecule has 0 N–H and O–H groups in total. The lowest BCUT2D eigenvalue weighted by Gasteiger charge is -2.10. The van der Waals surface area contributed by atoms with Gasteiger partial charge in [-0.1, -0.05) is 18.2 Å². The first-order valence-corrected chi connectivity index (χ1v) is 7.46. The van der Waals surface area contributed by atoms with Crippen LogP contribution in [0.2, 0.25) is 0 Å². The molecule has 0 saturated carbocycles. The first-order chi connectivity index (χ1) is 10.8. The number of hydrogen-bond donors (Lipinski definition) is 0. The topological polar surface area (TPSA) is 48.4 Å². The van der Waals surface area contributed by atoms with Gasteiger partial charge in [-0.2, -0.15) is 0 Å². The molecule has 0 aliphatic carbocycles. The Hall–Kier alpha value is -2.36. The number of unbranched alkanes of at least 4 members (excludes halogenated alkanes) is 1. The number of hydrogen-bond acceptors (Lipinski definition) is 4. The lowest BCUT2D eigenvalue weighted by Crippen LogP contribution is -2.07. The summed E-state index contributed by atoms with van der Waals surface area (Å²) in [6, 6.07) is 11.7. The second kappa shape index (κ2) is 8.82. The predicted molar refractivity (Wildman–Crippen MR) is 84.8 cm³/mol. The fourth-order valence-corrected chi connectivity index (χ4v) is 2.18. The number of esters is 1. The Bertz CT molecular complexity index is 584. The van der Waals surface area contributed by atoms with Crippen molar-refractivity contribution < 1.29 is 14.3 Å². The highest BCUT2D eigenvalue weighted by atomic mass is 16.5. The number of rotatable bonds is 8. The van der Waals surface area contributed by atoms with E-state index in [4.69, 9.17) is 9.47 Å². The maximum absolute atomic E-state index is 11.4. The minimum absolute atomic E-state index is 0.240. The second-order valence-electron chi connectivity index (χ2n) is 5.02. The van der Waals surface area contributed by atoms with Crippen LogP contribution in [0.4, 0.5) is 0 Å². The molecule has 4 heteroatoms. The predicted octanol–water partition coefficient (Wildman–Crippen LogP) is 3.20. The van der Waals surface area contributed by atoms with Gasteiger partial charge in [0.25, 0.3) is 0 Å². The molecule has 0 amide bonds. The monoisotopic (exact) mass is 299 g/mol. The Balaban J connectivity index is 1.76. The number of ether oxygens (including phenoxy) is 2. The molecule has 0 saturated heterocycles. The van der Waals surface area contributed by atoms with E-state index in [1.165, 1.54) is 12.7 Å². The van der Waals surface area contributed by atoms with Crippen LogP contribution < -0.4 is 4.74 Å². The molecule has 0 unspecified atom stereocenters. The zero-order chi connectivity index (χ0) is 15.6. The van der Waals surface area contributed by atoms with Gasteiger partial charge in [0.05, 0.1) is 20.1 Å². The van der Waals surface area contributed by atoms with Crippen LogP contribution in [-0.4, -0.2) is 24.7 Å². The average Bonchev–Trinajstić information content (AvgIpc) is 2.57. The Labute approximate surface area is 131 Å². The van der Waals surface area contributed by atoms with Crippen molar-refractivity contribution in [1.29, 1.82) is 0 Å². The molecule has 2 rings (SSSR count). The van der Waals surface area contributed by atoms with E-state index in [1.54, 1.807) is 0 Å². The molecule has 2 aromatic rings. The number of methoxy groups -OCH3 is 1. The molecular formula is C18H21NO3. The summed E-state index contributed by atoms with van der Waals surface area (Å²) in [7, 11) is 1.39. The van der Waals surface area contributed by atoms with Crippen LogP contribution >= 0.6 is 0 Å². The molecule has 1 aromatic heterocycles. The first-order valence-electron chi connectivity index (χ1n) is 7.46. The third-order valence-electron chi connectivity index (χ3n) is 3.40. The van der Waals surface area contributed by atoms with Crippen molar-refractivity contribution in [3.63, 3.8) is 0 Å². The summed E-state index contributed by atoms with van der Waals surface area (Å²) in [6.45, 7) is 0.642. The van der Waals surface area contributed by atoms with Gasteiger partial charge < -0.3 is 9.47 Å². The van der Waals surface area contributed by atoms with Crippen molar-refractivity contribution in [3.8, 4) is 5.75 Å². The molecule has 1 heterocycles. The van der Waals surface area contributed by atoms with Gasteiger partial charge in [0, 0.05) is 18.0 Å². The Morgan fingerprint density at radius 1 is 1.09 bits per heavy atom. The van der Waals surface area contributed by atoms with Crippen LogP contribution in [0.3, 0.4) is 0 Å². The summed E-state index contributed by atoms with van der Waals surface area (Å²) in [5.74, 6) is 0.505. The smallest absolute Gasteiger partial charge is 0.310 e. The standard InChI is InChI=1S/C18H21NO3/c1-21-18(20)14-16-7-2-3-8-17(16)22-13-5-4-6-15-9-11-19-12-10-15/h2-3,7-12H,4-6,13-14H2,1H3. The third kappa shape index (κ3) is 5.20. The van der Waals surface area contributed by atoms with Gasteiger partial charge >= 0.3 is 5.97 Å². The molecule has 0 fully saturated rings. The van der Waals surface area contributed by atoms with Crippen LogP contribution in [0, 0.1) is 0 Å². The summed E-state index contributed by atoms with van der Waals surface area (Å²) < 4.78 is 10.5. The van der Waals surface area contributed by atoms with Gasteiger partial charge in [0.15, 0.2) is 0 Å². The number of nitrogens with zero attached hydrogens (tertiary/aromatic N) is 1. The molecule has 0 radical (unpaired) electrons. The molecule has 0 bridgehead atoms. The highest BCUT2D eigenvalue weighted by Gasteiger charge is 2.08. The maximum Gasteiger partial charge on any atom is 0.310 e. The van der Waals surface area contributed by atoms with E-state index < -0.39 is 0 Å². The summed E-state index contributed by atoms with van der Waals surface area (Å²) in [6.07, 6.45) is 6.92. The Morgan fingerprint density at radius 2 is 1.86 bits per heavy atom. The first kappa shape index (κ1) is 16.0. The third-order valence-corrected chi connectivity index (χ3v) is 3.40. The van der Waals surface area contributed by atoms with Gasteiger partial charge in [-0.05, 0) is 43.0 Å². The molecule has 4 nitrogen and oxygen atoms in total. The van der Waals surface area contributed by atoms with E-state index in [0.717, 1.165) is 30.6 Å². The number of carbonyl (C=O) groups excluding carboxylic acids is 1. The van der Waals surface area contributed by atoms with E-state index >= 15 is 0 Å². The molecule has 116 valence electrons. The number of aromatic nitrogens is 1. The molecule has 0 spiro atoms. The summed E-state index contributed by atoms with van der Waals surface area (Å²) >= 11 is 0. The molecule has 0 atom stereocenters. The molecule has 1 aromatic carbocycles. The highest BCUT2D eigenvalue weighted by molar-refractivity contribution is 5.73. The zero-order valence-electron chi connectivity index (χ0n) is 12.8. The van der Waals surface area contributed by atoms with E-state index in [1.807, 2.05) is 48.8 Å². The Kier molecular flexibility index (Phi) is 6.42. The number of aryl methyl sites for hydroxylation is 1. The van der Waals surface area contributed by atoms with Crippen molar-refractivity contribution >= 4 is 5.97 Å². The summed E-state index contributed by atoms with van der Waals surface area (Å²) in [5.41, 5.74) is 2.16. The lowest BCUT2D eigenvalue weighted by atomic mass is 10.1. The largest absolute Gasteiger partial charge is 0.493 e. The Morgan fingerprint density at radius 3 is 2.64 bits per heavy atom. The maximum atomic E-state index is 11.4. The second-order valence-corrected chi connectivity index (χ2v) is 5.02. The fraction of sp³-hybridized carbons (Fsp3) is 0.333. The fourth-order valence-electron chi connectivity index (χ4n) is 2.18. The van der Waals surface area contributed by atoms with Crippen LogP contribution in [0.25, 0.3) is 0 Å². The van der Waals surface area contributed by atoms with Gasteiger partial charge in [-0.25, -0.2) is 0 Å². The quantitative estimate of drug-likeness (QED) is 0.555. The van der Waals surface area contributed by atoms with Crippen molar-refractivity contribution in [1.82, 2.24) is 4.98 Å². The van der Waals surface area contributed by atoms with E-state index in [-0.39, 0.29) is 12.4 Å². The van der Waals surface area contributed by atoms with E-state index in [2.05, 4.69) is 4.98 Å². The van der Waals surface area contributed by atoms with Crippen LogP contribution in [0.1, 0.15) is 24.0 Å². The minimum atomic E-state index is -0.256. The molecule has 0 aliphatic rings. The highest BCUT2D eigenvalue weighted by Crippen LogP contribution is 2.19. The van der Waals surface area contributed by atoms with Gasteiger partial charge in [0.2, 0.25) is 0 Å². The van der Waals surface area contributed by atoms with Crippen molar-refractivity contribution in [2.75, 3.05) is 13.7 Å². The van der Waals surface area contributed by atoms with Crippen LogP contribution in [0.5, 0.6) is 5.75 Å². The van der Waals surface area contributed by atoms with Crippen LogP contribution in [-0.2, 0) is 22.4 Å². The number of pyridine rings is 1. The van der Waals surface area contributed by atoms with Crippen molar-refractivity contribution in [2.45, 2.75) is 25.7 Å². The van der Waals surface area contributed by atoms with Crippen molar-refractivity contribution in [3.05, 3.63) is 59.9 Å². The number of benzene rings is 1. The molecule has 22 heavy (non-hydrogen) atoms. The molecular weight excluding hydrogens is 278 g/mol. The zero-order valence-corrected chi connectivity index (χ0v) is 12.8. The van der Waals surface area contributed by atoms with E-state index in [9.17, 15) is 4.79 Å². The number of para-hydroxylation sites is 1. The average molecular weight is 299 g/mol. The summed E-state index contributed by atoms with van der Waals surface area (Å²) in [4.78, 5) is 15.4. The number of carbonyl (C=O) groups is 1. The SMILES string of the molecule is COC(=O)Cc1ccccc1OCCCCc1ccncc1. The molecule has 0 aliphatic heterocycles. The van der Waals surface area contributed by atoms with Crippen molar-refractivity contribution in [2.24, 2.45) is 0 Å². The minimum Gasteiger partial charge on any atom is -0.493 e. The van der Waals surface area contributed by atoms with Gasteiger partial charge in [0.1, 0.15) is 5.75 Å². The van der Waals surface area contributed by atoms with Crippen LogP contribution in [0.15, 0.2) is 48.8 Å².